The molecule has 1 aromatic carbocycles. The van der Waals surface area contributed by atoms with Crippen molar-refractivity contribution in [1.29, 1.82) is 0 Å². The van der Waals surface area contributed by atoms with Crippen molar-refractivity contribution < 1.29 is 9.47 Å². The summed E-state index contributed by atoms with van der Waals surface area (Å²) in [6, 6.07) is 13.3. The van der Waals surface area contributed by atoms with Crippen LogP contribution in [0, 0.1) is 0 Å². The number of pyridine rings is 1. The number of nitrogens with zero attached hydrogens (tertiary/aromatic N) is 2. The van der Waals surface area contributed by atoms with Gasteiger partial charge in [0.25, 0.3) is 0 Å². The van der Waals surface area contributed by atoms with Gasteiger partial charge in [0.1, 0.15) is 13.2 Å². The van der Waals surface area contributed by atoms with E-state index in [1.807, 2.05) is 6.07 Å². The largest absolute Gasteiger partial charge is 0.486 e. The molecule has 25 heavy (non-hydrogen) atoms. The van der Waals surface area contributed by atoms with E-state index in [9.17, 15) is 0 Å². The first-order chi connectivity index (χ1) is 12.4. The number of fused-ring (bicyclic) bond motifs is 1. The third kappa shape index (κ3) is 4.30. The van der Waals surface area contributed by atoms with Crippen LogP contribution in [0.5, 0.6) is 11.5 Å². The molecule has 0 spiro atoms. The van der Waals surface area contributed by atoms with Gasteiger partial charge < -0.3 is 14.8 Å². The normalized spacial score (nSPS) is 18.2. The second-order valence-electron chi connectivity index (χ2n) is 6.74. The number of hydrogen-bond acceptors (Lipinski definition) is 5. The van der Waals surface area contributed by atoms with Crippen LogP contribution >= 0.6 is 0 Å². The zero-order valence-electron chi connectivity index (χ0n) is 14.5. The Bertz CT molecular complexity index is 685. The molecular formula is C20H25N3O2. The van der Waals surface area contributed by atoms with Crippen LogP contribution in [0.4, 0.5) is 0 Å². The second kappa shape index (κ2) is 7.85. The summed E-state index contributed by atoms with van der Waals surface area (Å²) in [4.78, 5) is 7.01. The lowest BCUT2D eigenvalue weighted by Gasteiger charge is -2.32. The van der Waals surface area contributed by atoms with Crippen molar-refractivity contribution in [2.45, 2.75) is 32.0 Å². The molecule has 0 bridgehead atoms. The first-order valence-electron chi connectivity index (χ1n) is 9.11. The highest BCUT2D eigenvalue weighted by molar-refractivity contribution is 5.39. The van der Waals surface area contributed by atoms with Crippen molar-refractivity contribution in [1.82, 2.24) is 15.2 Å². The summed E-state index contributed by atoms with van der Waals surface area (Å²) < 4.78 is 11.1. The van der Waals surface area contributed by atoms with Gasteiger partial charge in [-0.2, -0.15) is 0 Å². The van der Waals surface area contributed by atoms with E-state index in [1.54, 1.807) is 6.20 Å². The summed E-state index contributed by atoms with van der Waals surface area (Å²) >= 11 is 0. The van der Waals surface area contributed by atoms with E-state index in [1.165, 1.54) is 18.4 Å². The van der Waals surface area contributed by atoms with E-state index in [0.717, 1.165) is 43.4 Å². The number of rotatable bonds is 5. The number of ether oxygens (including phenoxy) is 2. The van der Waals surface area contributed by atoms with Crippen molar-refractivity contribution in [3.05, 3.63) is 53.9 Å². The SMILES string of the molecule is c1ccc(CN2CCC(NCc3cc4c(cn3)OCCO4)CC2)cc1. The Labute approximate surface area is 149 Å². The summed E-state index contributed by atoms with van der Waals surface area (Å²) in [5, 5.41) is 3.64. The fraction of sp³-hybridized carbons (Fsp3) is 0.450. The maximum atomic E-state index is 5.63. The first kappa shape index (κ1) is 16.4. The van der Waals surface area contributed by atoms with Gasteiger partial charge in [-0.25, -0.2) is 0 Å². The van der Waals surface area contributed by atoms with Crippen molar-refractivity contribution in [2.24, 2.45) is 0 Å². The smallest absolute Gasteiger partial charge is 0.179 e. The van der Waals surface area contributed by atoms with Gasteiger partial charge in [0.05, 0.1) is 11.9 Å². The van der Waals surface area contributed by atoms with Crippen molar-refractivity contribution in [3.8, 4) is 11.5 Å². The fourth-order valence-corrected chi connectivity index (χ4v) is 3.47. The zero-order valence-corrected chi connectivity index (χ0v) is 14.5. The molecular weight excluding hydrogens is 314 g/mol. The monoisotopic (exact) mass is 339 g/mol. The molecule has 1 N–H and O–H groups in total. The van der Waals surface area contributed by atoms with Gasteiger partial charge in [0.2, 0.25) is 0 Å². The molecule has 2 aromatic rings. The third-order valence-corrected chi connectivity index (χ3v) is 4.90. The molecule has 1 saturated heterocycles. The Hall–Kier alpha value is -2.11. The standard InChI is InChI=1S/C20H25N3O2/c1-2-4-16(5-3-1)15-23-8-6-17(7-9-23)21-13-18-12-19-20(14-22-18)25-11-10-24-19/h1-5,12,14,17,21H,6-11,13,15H2. The Morgan fingerprint density at radius 1 is 1.04 bits per heavy atom. The highest BCUT2D eigenvalue weighted by Gasteiger charge is 2.19. The molecule has 0 unspecified atom stereocenters. The zero-order chi connectivity index (χ0) is 16.9. The van der Waals surface area contributed by atoms with E-state index >= 15 is 0 Å². The lowest BCUT2D eigenvalue weighted by molar-refractivity contribution is 0.170. The minimum atomic E-state index is 0.557. The highest BCUT2D eigenvalue weighted by Crippen LogP contribution is 2.29. The number of aromatic nitrogens is 1. The van der Waals surface area contributed by atoms with Crippen molar-refractivity contribution in [2.75, 3.05) is 26.3 Å². The van der Waals surface area contributed by atoms with Gasteiger partial charge >= 0.3 is 0 Å². The Morgan fingerprint density at radius 3 is 2.60 bits per heavy atom. The lowest BCUT2D eigenvalue weighted by Crippen LogP contribution is -2.41. The number of likely N-dealkylation sites (tertiary alicyclic amines) is 1. The maximum Gasteiger partial charge on any atom is 0.179 e. The summed E-state index contributed by atoms with van der Waals surface area (Å²) in [7, 11) is 0. The van der Waals surface area contributed by atoms with Crippen LogP contribution in [-0.4, -0.2) is 42.2 Å². The fourth-order valence-electron chi connectivity index (χ4n) is 3.47. The number of hydrogen-bond donors (Lipinski definition) is 1. The van der Waals surface area contributed by atoms with E-state index in [2.05, 4.69) is 45.5 Å². The minimum absolute atomic E-state index is 0.557. The molecule has 4 rings (SSSR count). The molecule has 2 aliphatic heterocycles. The van der Waals surface area contributed by atoms with Crippen LogP contribution in [0.2, 0.25) is 0 Å². The molecule has 0 amide bonds. The quantitative estimate of drug-likeness (QED) is 0.907. The lowest BCUT2D eigenvalue weighted by atomic mass is 10.0. The van der Waals surface area contributed by atoms with E-state index in [0.29, 0.717) is 19.3 Å². The van der Waals surface area contributed by atoms with E-state index in [-0.39, 0.29) is 0 Å². The molecule has 1 aromatic heterocycles. The van der Waals surface area contributed by atoms with Crippen LogP contribution in [0.25, 0.3) is 0 Å². The van der Waals surface area contributed by atoms with Crippen LogP contribution in [0.15, 0.2) is 42.6 Å². The molecule has 132 valence electrons. The van der Waals surface area contributed by atoms with E-state index in [4.69, 9.17) is 9.47 Å². The summed E-state index contributed by atoms with van der Waals surface area (Å²) in [6.07, 6.45) is 4.13. The first-order valence-corrected chi connectivity index (χ1v) is 9.11. The van der Waals surface area contributed by atoms with Gasteiger partial charge in [-0.05, 0) is 31.5 Å². The topological polar surface area (TPSA) is 46.6 Å². The second-order valence-corrected chi connectivity index (χ2v) is 6.74. The van der Waals surface area contributed by atoms with Gasteiger partial charge in [-0.3, -0.25) is 9.88 Å². The molecule has 2 aliphatic rings. The van der Waals surface area contributed by atoms with Gasteiger partial charge in [-0.15, -0.1) is 0 Å². The molecule has 5 nitrogen and oxygen atoms in total. The van der Waals surface area contributed by atoms with Gasteiger partial charge in [0.15, 0.2) is 11.5 Å². The number of benzene rings is 1. The van der Waals surface area contributed by atoms with Crippen LogP contribution in [0.1, 0.15) is 24.1 Å². The molecule has 0 radical (unpaired) electrons. The van der Waals surface area contributed by atoms with Crippen LogP contribution in [-0.2, 0) is 13.1 Å². The van der Waals surface area contributed by atoms with Gasteiger partial charge in [-0.1, -0.05) is 30.3 Å². The summed E-state index contributed by atoms with van der Waals surface area (Å²) in [6.45, 7) is 5.33. The molecule has 0 atom stereocenters. The molecule has 0 aliphatic carbocycles. The summed E-state index contributed by atoms with van der Waals surface area (Å²) in [5.41, 5.74) is 2.41. The minimum Gasteiger partial charge on any atom is -0.486 e. The highest BCUT2D eigenvalue weighted by atomic mass is 16.6. The predicted octanol–water partition coefficient (Wildman–Crippen LogP) is 2.61. The maximum absolute atomic E-state index is 5.63. The number of nitrogens with one attached hydrogen (secondary N) is 1. The third-order valence-electron chi connectivity index (χ3n) is 4.90. The van der Waals surface area contributed by atoms with Crippen LogP contribution < -0.4 is 14.8 Å². The molecule has 0 saturated carbocycles. The number of piperidine rings is 1. The Balaban J connectivity index is 1.24. The Kier molecular flexibility index (Phi) is 5.14. The molecule has 3 heterocycles. The van der Waals surface area contributed by atoms with Crippen molar-refractivity contribution in [3.63, 3.8) is 0 Å². The average Bonchev–Trinajstić information content (AvgIpc) is 2.68. The van der Waals surface area contributed by atoms with Gasteiger partial charge in [0, 0.05) is 25.2 Å². The average molecular weight is 339 g/mol. The van der Waals surface area contributed by atoms with Crippen molar-refractivity contribution >= 4 is 0 Å². The van der Waals surface area contributed by atoms with E-state index < -0.39 is 0 Å². The molecule has 1 fully saturated rings. The summed E-state index contributed by atoms with van der Waals surface area (Å²) in [5.74, 6) is 1.57. The predicted molar refractivity (Wildman–Crippen MR) is 96.8 cm³/mol. The molecule has 5 heteroatoms. The van der Waals surface area contributed by atoms with Crippen LogP contribution in [0.3, 0.4) is 0 Å². The Morgan fingerprint density at radius 2 is 1.80 bits per heavy atom.